The molecule has 4 nitrogen and oxygen atoms in total. The van der Waals surface area contributed by atoms with Gasteiger partial charge in [0.05, 0.1) is 0 Å². The zero-order valence-corrected chi connectivity index (χ0v) is 13.1. The fraction of sp³-hybridized carbons (Fsp3) is 0.471. The van der Waals surface area contributed by atoms with E-state index in [-0.39, 0.29) is 12.1 Å². The normalized spacial score (nSPS) is 13.5. The second-order valence-electron chi connectivity index (χ2n) is 6.05. The van der Waals surface area contributed by atoms with Crippen LogP contribution in [0.2, 0.25) is 0 Å². The summed E-state index contributed by atoms with van der Waals surface area (Å²) in [6.45, 7) is 8.19. The molecule has 114 valence electrons. The van der Waals surface area contributed by atoms with Crippen molar-refractivity contribution in [2.24, 2.45) is 0 Å². The van der Waals surface area contributed by atoms with Gasteiger partial charge in [0.1, 0.15) is 6.04 Å². The Labute approximate surface area is 125 Å². The van der Waals surface area contributed by atoms with E-state index in [2.05, 4.69) is 9.88 Å². The molecule has 0 aliphatic carbocycles. The monoisotopic (exact) mass is 288 g/mol. The van der Waals surface area contributed by atoms with Crippen molar-refractivity contribution in [2.45, 2.75) is 52.2 Å². The van der Waals surface area contributed by atoms with Gasteiger partial charge < -0.3 is 10.1 Å². The van der Waals surface area contributed by atoms with Gasteiger partial charge in [-0.1, -0.05) is 18.2 Å². The summed E-state index contributed by atoms with van der Waals surface area (Å²) in [7, 11) is 0. The van der Waals surface area contributed by atoms with Crippen LogP contribution in [0, 0.1) is 0 Å². The Bertz CT molecular complexity index is 608. The third-order valence-corrected chi connectivity index (χ3v) is 3.93. The van der Waals surface area contributed by atoms with Crippen LogP contribution in [0.3, 0.4) is 0 Å². The van der Waals surface area contributed by atoms with Gasteiger partial charge in [-0.2, -0.15) is 0 Å². The number of carboxylic acids is 1. The highest BCUT2D eigenvalue weighted by molar-refractivity contribution is 5.84. The molecule has 4 heteroatoms. The van der Waals surface area contributed by atoms with Crippen molar-refractivity contribution in [1.29, 1.82) is 0 Å². The average Bonchev–Trinajstić information content (AvgIpc) is 2.80. The molecular weight excluding hydrogens is 264 g/mol. The van der Waals surface area contributed by atoms with E-state index in [1.807, 2.05) is 58.2 Å². The summed E-state index contributed by atoms with van der Waals surface area (Å²) in [5.41, 5.74) is 2.11. The highest BCUT2D eigenvalue weighted by Crippen LogP contribution is 2.22. The van der Waals surface area contributed by atoms with Gasteiger partial charge in [-0.05, 0) is 39.3 Å². The van der Waals surface area contributed by atoms with E-state index in [0.29, 0.717) is 6.42 Å². The quantitative estimate of drug-likeness (QED) is 0.857. The second kappa shape index (κ2) is 6.31. The Morgan fingerprint density at radius 2 is 1.81 bits per heavy atom. The first-order valence-corrected chi connectivity index (χ1v) is 7.47. The maximum Gasteiger partial charge on any atom is 0.321 e. The first-order valence-electron chi connectivity index (χ1n) is 7.47. The lowest BCUT2D eigenvalue weighted by atomic mass is 10.0. The SMILES string of the molecule is CC(C)N(C(C)C)C(Cc1c[nH]c2ccccc12)C(=O)O. The molecule has 1 aromatic heterocycles. The molecule has 1 aromatic carbocycles. The van der Waals surface area contributed by atoms with Crippen LogP contribution in [0.1, 0.15) is 33.3 Å². The third-order valence-electron chi connectivity index (χ3n) is 3.93. The highest BCUT2D eigenvalue weighted by atomic mass is 16.4. The molecule has 0 aliphatic heterocycles. The fourth-order valence-corrected chi connectivity index (χ4v) is 3.15. The van der Waals surface area contributed by atoms with Crippen LogP contribution in [-0.4, -0.2) is 39.1 Å². The summed E-state index contributed by atoms with van der Waals surface area (Å²) in [5.74, 6) is -0.761. The van der Waals surface area contributed by atoms with E-state index in [4.69, 9.17) is 0 Å². The Morgan fingerprint density at radius 1 is 1.19 bits per heavy atom. The fourth-order valence-electron chi connectivity index (χ4n) is 3.15. The molecule has 21 heavy (non-hydrogen) atoms. The van der Waals surface area contributed by atoms with Gasteiger partial charge in [-0.15, -0.1) is 0 Å². The smallest absolute Gasteiger partial charge is 0.321 e. The molecule has 2 aromatic rings. The molecule has 0 saturated carbocycles. The van der Waals surface area contributed by atoms with E-state index >= 15 is 0 Å². The van der Waals surface area contributed by atoms with E-state index < -0.39 is 12.0 Å². The number of aromatic amines is 1. The van der Waals surface area contributed by atoms with E-state index in [0.717, 1.165) is 16.5 Å². The molecular formula is C17H24N2O2. The van der Waals surface area contributed by atoms with Crippen molar-refractivity contribution >= 4 is 16.9 Å². The van der Waals surface area contributed by atoms with E-state index in [1.54, 1.807) is 0 Å². The van der Waals surface area contributed by atoms with Gasteiger partial charge in [0.15, 0.2) is 0 Å². The lowest BCUT2D eigenvalue weighted by Gasteiger charge is -2.35. The molecule has 0 spiro atoms. The molecule has 0 aliphatic rings. The van der Waals surface area contributed by atoms with Gasteiger partial charge >= 0.3 is 5.97 Å². The lowest BCUT2D eigenvalue weighted by Crippen LogP contribution is -2.50. The number of H-pyrrole nitrogens is 1. The number of fused-ring (bicyclic) bond motifs is 1. The van der Waals surface area contributed by atoms with Crippen LogP contribution in [0.5, 0.6) is 0 Å². The molecule has 1 atom stereocenters. The van der Waals surface area contributed by atoms with Crippen LogP contribution in [0.15, 0.2) is 30.5 Å². The summed E-state index contributed by atoms with van der Waals surface area (Å²) in [6.07, 6.45) is 2.44. The zero-order valence-electron chi connectivity index (χ0n) is 13.1. The van der Waals surface area contributed by atoms with Crippen LogP contribution >= 0.6 is 0 Å². The van der Waals surface area contributed by atoms with Crippen molar-refractivity contribution in [2.75, 3.05) is 0 Å². The Kier molecular flexibility index (Phi) is 4.68. The van der Waals surface area contributed by atoms with E-state index in [9.17, 15) is 9.90 Å². The Balaban J connectivity index is 2.34. The predicted octanol–water partition coefficient (Wildman–Crippen LogP) is 3.28. The molecule has 2 N–H and O–H groups in total. The van der Waals surface area contributed by atoms with Crippen molar-refractivity contribution in [3.05, 3.63) is 36.0 Å². The van der Waals surface area contributed by atoms with Crippen molar-refractivity contribution in [3.63, 3.8) is 0 Å². The number of aromatic nitrogens is 1. The predicted molar refractivity (Wildman–Crippen MR) is 85.5 cm³/mol. The standard InChI is InChI=1S/C17H24N2O2/c1-11(2)19(12(3)4)16(17(20)21)9-13-10-18-15-8-6-5-7-14(13)15/h5-8,10-12,16,18H,9H2,1-4H3,(H,20,21). The number of aliphatic carboxylic acids is 1. The third kappa shape index (κ3) is 3.27. The summed E-state index contributed by atoms with van der Waals surface area (Å²) >= 11 is 0. The molecule has 0 saturated heterocycles. The van der Waals surface area contributed by atoms with Crippen LogP contribution in [-0.2, 0) is 11.2 Å². The minimum atomic E-state index is -0.761. The minimum Gasteiger partial charge on any atom is -0.480 e. The number of hydrogen-bond donors (Lipinski definition) is 2. The topological polar surface area (TPSA) is 56.3 Å². The van der Waals surface area contributed by atoms with Gasteiger partial charge in [-0.3, -0.25) is 9.69 Å². The summed E-state index contributed by atoms with van der Waals surface area (Å²) in [6, 6.07) is 7.88. The van der Waals surface area contributed by atoms with Crippen molar-refractivity contribution in [3.8, 4) is 0 Å². The number of carboxylic acid groups (broad SMARTS) is 1. The largest absolute Gasteiger partial charge is 0.480 e. The molecule has 0 bridgehead atoms. The van der Waals surface area contributed by atoms with Crippen LogP contribution in [0.4, 0.5) is 0 Å². The maximum atomic E-state index is 11.8. The number of para-hydroxylation sites is 1. The second-order valence-corrected chi connectivity index (χ2v) is 6.05. The highest BCUT2D eigenvalue weighted by Gasteiger charge is 2.30. The lowest BCUT2D eigenvalue weighted by molar-refractivity contribution is -0.145. The Morgan fingerprint density at radius 3 is 2.38 bits per heavy atom. The number of nitrogens with zero attached hydrogens (tertiary/aromatic N) is 1. The number of rotatable bonds is 6. The first-order chi connectivity index (χ1) is 9.91. The summed E-state index contributed by atoms with van der Waals surface area (Å²) < 4.78 is 0. The zero-order chi connectivity index (χ0) is 15.6. The molecule has 0 radical (unpaired) electrons. The van der Waals surface area contributed by atoms with Gasteiger partial charge in [0, 0.05) is 35.6 Å². The Hall–Kier alpha value is -1.81. The molecule has 2 rings (SSSR count). The molecule has 0 fully saturated rings. The van der Waals surface area contributed by atoms with Gasteiger partial charge in [0.2, 0.25) is 0 Å². The minimum absolute atomic E-state index is 0.191. The summed E-state index contributed by atoms with van der Waals surface area (Å²) in [4.78, 5) is 17.0. The first kappa shape index (κ1) is 15.6. The van der Waals surface area contributed by atoms with E-state index in [1.165, 1.54) is 0 Å². The summed E-state index contributed by atoms with van der Waals surface area (Å²) in [5, 5.41) is 10.8. The molecule has 1 unspecified atom stereocenters. The number of nitrogens with one attached hydrogen (secondary N) is 1. The van der Waals surface area contributed by atoms with Crippen LogP contribution in [0.25, 0.3) is 10.9 Å². The molecule has 0 amide bonds. The number of benzene rings is 1. The van der Waals surface area contributed by atoms with Crippen molar-refractivity contribution < 1.29 is 9.90 Å². The molecule has 1 heterocycles. The maximum absolute atomic E-state index is 11.8. The number of carbonyl (C=O) groups is 1. The van der Waals surface area contributed by atoms with Crippen molar-refractivity contribution in [1.82, 2.24) is 9.88 Å². The van der Waals surface area contributed by atoms with Crippen LogP contribution < -0.4 is 0 Å². The van der Waals surface area contributed by atoms with Gasteiger partial charge in [-0.25, -0.2) is 0 Å². The number of hydrogen-bond acceptors (Lipinski definition) is 2. The average molecular weight is 288 g/mol. The van der Waals surface area contributed by atoms with Gasteiger partial charge in [0.25, 0.3) is 0 Å².